The van der Waals surface area contributed by atoms with Crippen molar-refractivity contribution in [3.8, 4) is 11.1 Å². The molecule has 0 unspecified atom stereocenters. The molecule has 3 aromatic rings. The highest BCUT2D eigenvalue weighted by molar-refractivity contribution is 6.03. The standard InChI is InChI=1S/C26H29N3O3/c1-18(2)15-24(26(31)32-3)29-25(30)23-16-21(28-17-19-11-13-27-14-12-19)9-10-22(23)20-7-5-4-6-8-20/h4-14,16,18,24,28H,15,17H2,1-3H3,(H,29,30)/t24-/m0/s1. The molecule has 166 valence electrons. The molecule has 6 nitrogen and oxygen atoms in total. The molecule has 0 aliphatic carbocycles. The molecule has 3 rings (SSSR count). The number of hydrogen-bond donors (Lipinski definition) is 2. The number of nitrogens with zero attached hydrogens (tertiary/aromatic N) is 1. The summed E-state index contributed by atoms with van der Waals surface area (Å²) in [6, 6.07) is 18.6. The number of benzene rings is 2. The summed E-state index contributed by atoms with van der Waals surface area (Å²) in [5.41, 5.74) is 4.11. The van der Waals surface area contributed by atoms with E-state index in [0.717, 1.165) is 22.4 Å². The van der Waals surface area contributed by atoms with Crippen LogP contribution in [0.4, 0.5) is 5.69 Å². The Morgan fingerprint density at radius 3 is 2.38 bits per heavy atom. The molecular formula is C26H29N3O3. The lowest BCUT2D eigenvalue weighted by Gasteiger charge is -2.20. The van der Waals surface area contributed by atoms with Gasteiger partial charge in [-0.15, -0.1) is 0 Å². The highest BCUT2D eigenvalue weighted by Crippen LogP contribution is 2.27. The Balaban J connectivity index is 1.90. The molecule has 2 N–H and O–H groups in total. The van der Waals surface area contributed by atoms with Crippen LogP contribution >= 0.6 is 0 Å². The number of pyridine rings is 1. The first-order valence-electron chi connectivity index (χ1n) is 10.7. The lowest BCUT2D eigenvalue weighted by molar-refractivity contribution is -0.143. The quantitative estimate of drug-likeness (QED) is 0.481. The van der Waals surface area contributed by atoms with Crippen LogP contribution in [0, 0.1) is 5.92 Å². The molecule has 6 heteroatoms. The van der Waals surface area contributed by atoms with Crippen molar-refractivity contribution in [2.75, 3.05) is 12.4 Å². The van der Waals surface area contributed by atoms with Gasteiger partial charge >= 0.3 is 5.97 Å². The Morgan fingerprint density at radius 2 is 1.72 bits per heavy atom. The van der Waals surface area contributed by atoms with E-state index in [1.54, 1.807) is 12.4 Å². The van der Waals surface area contributed by atoms with E-state index < -0.39 is 12.0 Å². The van der Waals surface area contributed by atoms with Crippen molar-refractivity contribution >= 4 is 17.6 Å². The van der Waals surface area contributed by atoms with Gasteiger partial charge in [0.1, 0.15) is 6.04 Å². The maximum absolute atomic E-state index is 13.3. The number of rotatable bonds is 9. The van der Waals surface area contributed by atoms with Crippen molar-refractivity contribution in [1.29, 1.82) is 0 Å². The van der Waals surface area contributed by atoms with Gasteiger partial charge in [-0.1, -0.05) is 50.2 Å². The Bertz CT molecular complexity index is 1040. The van der Waals surface area contributed by atoms with E-state index in [4.69, 9.17) is 4.74 Å². The largest absolute Gasteiger partial charge is 0.467 e. The summed E-state index contributed by atoms with van der Waals surface area (Å²) in [5.74, 6) is -0.533. The van der Waals surface area contributed by atoms with Gasteiger partial charge in [0, 0.05) is 30.2 Å². The van der Waals surface area contributed by atoms with Crippen LogP contribution in [0.2, 0.25) is 0 Å². The van der Waals surface area contributed by atoms with Crippen LogP contribution in [0.15, 0.2) is 73.1 Å². The number of amides is 1. The third-order valence-corrected chi connectivity index (χ3v) is 5.09. The van der Waals surface area contributed by atoms with E-state index in [1.165, 1.54) is 7.11 Å². The number of carbonyl (C=O) groups excluding carboxylic acids is 2. The average molecular weight is 432 g/mol. The second-order valence-electron chi connectivity index (χ2n) is 8.01. The molecule has 1 heterocycles. The predicted molar refractivity (Wildman–Crippen MR) is 126 cm³/mol. The first-order valence-corrected chi connectivity index (χ1v) is 10.7. The molecular weight excluding hydrogens is 402 g/mol. The fourth-order valence-corrected chi connectivity index (χ4v) is 3.48. The average Bonchev–Trinajstić information content (AvgIpc) is 2.82. The third kappa shape index (κ3) is 6.17. The minimum atomic E-state index is -0.704. The molecule has 1 aromatic heterocycles. The molecule has 32 heavy (non-hydrogen) atoms. The highest BCUT2D eigenvalue weighted by atomic mass is 16.5. The number of anilines is 1. The van der Waals surface area contributed by atoms with E-state index in [9.17, 15) is 9.59 Å². The number of esters is 1. The van der Waals surface area contributed by atoms with Gasteiger partial charge in [-0.2, -0.15) is 0 Å². The Hall–Kier alpha value is -3.67. The maximum atomic E-state index is 13.3. The lowest BCUT2D eigenvalue weighted by atomic mass is 9.97. The van der Waals surface area contributed by atoms with Crippen molar-refractivity contribution in [1.82, 2.24) is 10.3 Å². The van der Waals surface area contributed by atoms with Gasteiger partial charge in [0.2, 0.25) is 0 Å². The molecule has 0 radical (unpaired) electrons. The maximum Gasteiger partial charge on any atom is 0.328 e. The molecule has 0 saturated carbocycles. The minimum absolute atomic E-state index is 0.223. The summed E-state index contributed by atoms with van der Waals surface area (Å²) >= 11 is 0. The van der Waals surface area contributed by atoms with E-state index in [0.29, 0.717) is 18.5 Å². The number of hydrogen-bond acceptors (Lipinski definition) is 5. The lowest BCUT2D eigenvalue weighted by Crippen LogP contribution is -2.42. The van der Waals surface area contributed by atoms with Gasteiger partial charge in [-0.25, -0.2) is 4.79 Å². The number of carbonyl (C=O) groups is 2. The van der Waals surface area contributed by atoms with Crippen LogP contribution in [0.25, 0.3) is 11.1 Å². The highest BCUT2D eigenvalue weighted by Gasteiger charge is 2.24. The third-order valence-electron chi connectivity index (χ3n) is 5.09. The van der Waals surface area contributed by atoms with Crippen molar-refractivity contribution in [2.45, 2.75) is 32.9 Å². The predicted octanol–water partition coefficient (Wildman–Crippen LogP) is 4.68. The monoisotopic (exact) mass is 431 g/mol. The molecule has 2 aromatic carbocycles. The SMILES string of the molecule is COC(=O)[C@H](CC(C)C)NC(=O)c1cc(NCc2ccncc2)ccc1-c1ccccc1. The fourth-order valence-electron chi connectivity index (χ4n) is 3.48. The van der Waals surface area contributed by atoms with Gasteiger partial charge in [0.25, 0.3) is 5.91 Å². The van der Waals surface area contributed by atoms with Crippen LogP contribution in [0.1, 0.15) is 36.2 Å². The molecule has 0 saturated heterocycles. The van der Waals surface area contributed by atoms with Gasteiger partial charge in [0.15, 0.2) is 0 Å². The van der Waals surface area contributed by atoms with E-state index in [2.05, 4.69) is 15.6 Å². The first-order chi connectivity index (χ1) is 15.5. The topological polar surface area (TPSA) is 80.3 Å². The summed E-state index contributed by atoms with van der Waals surface area (Å²) in [5, 5.41) is 6.23. The molecule has 0 aliphatic rings. The molecule has 0 spiro atoms. The molecule has 0 fully saturated rings. The van der Waals surface area contributed by atoms with Gasteiger partial charge in [-0.05, 0) is 53.3 Å². The van der Waals surface area contributed by atoms with E-state index in [-0.39, 0.29) is 11.8 Å². The Labute approximate surface area is 189 Å². The van der Waals surface area contributed by atoms with Gasteiger partial charge in [0.05, 0.1) is 7.11 Å². The fraction of sp³-hybridized carbons (Fsp3) is 0.269. The molecule has 0 aliphatic heterocycles. The summed E-state index contributed by atoms with van der Waals surface area (Å²) < 4.78 is 4.91. The zero-order valence-corrected chi connectivity index (χ0v) is 18.7. The van der Waals surface area contributed by atoms with Gasteiger partial charge < -0.3 is 15.4 Å². The van der Waals surface area contributed by atoms with Gasteiger partial charge in [-0.3, -0.25) is 9.78 Å². The second-order valence-corrected chi connectivity index (χ2v) is 8.01. The van der Waals surface area contributed by atoms with E-state index in [1.807, 2.05) is 74.5 Å². The van der Waals surface area contributed by atoms with Crippen LogP contribution in [-0.2, 0) is 16.1 Å². The van der Waals surface area contributed by atoms with Crippen molar-refractivity contribution in [3.05, 3.63) is 84.2 Å². The number of methoxy groups -OCH3 is 1. The van der Waals surface area contributed by atoms with Crippen molar-refractivity contribution < 1.29 is 14.3 Å². The molecule has 1 atom stereocenters. The summed E-state index contributed by atoms with van der Waals surface area (Å²) in [6.07, 6.45) is 3.99. The molecule has 1 amide bonds. The van der Waals surface area contributed by atoms with E-state index >= 15 is 0 Å². The zero-order valence-electron chi connectivity index (χ0n) is 18.7. The second kappa shape index (κ2) is 11.1. The van der Waals surface area contributed by atoms with Crippen LogP contribution in [0.3, 0.4) is 0 Å². The van der Waals surface area contributed by atoms with Crippen LogP contribution in [0.5, 0.6) is 0 Å². The number of ether oxygens (including phenoxy) is 1. The van der Waals surface area contributed by atoms with Crippen LogP contribution in [-0.4, -0.2) is 30.0 Å². The summed E-state index contributed by atoms with van der Waals surface area (Å²) in [6.45, 7) is 4.61. The Morgan fingerprint density at radius 1 is 1.00 bits per heavy atom. The smallest absolute Gasteiger partial charge is 0.328 e. The number of aromatic nitrogens is 1. The zero-order chi connectivity index (χ0) is 22.9. The van der Waals surface area contributed by atoms with Crippen molar-refractivity contribution in [3.63, 3.8) is 0 Å². The van der Waals surface area contributed by atoms with Crippen molar-refractivity contribution in [2.24, 2.45) is 5.92 Å². The van der Waals surface area contributed by atoms with Crippen LogP contribution < -0.4 is 10.6 Å². The Kier molecular flexibility index (Phi) is 7.97. The number of nitrogens with one attached hydrogen (secondary N) is 2. The summed E-state index contributed by atoms with van der Waals surface area (Å²) in [4.78, 5) is 29.6. The molecule has 0 bridgehead atoms. The normalized spacial score (nSPS) is 11.6. The summed E-state index contributed by atoms with van der Waals surface area (Å²) in [7, 11) is 1.33. The first kappa shape index (κ1) is 23.0. The minimum Gasteiger partial charge on any atom is -0.467 e.